The maximum absolute atomic E-state index is 13.8. The summed E-state index contributed by atoms with van der Waals surface area (Å²) in [5.74, 6) is -1.01. The minimum Gasteiger partial charge on any atom is -0.437 e. The summed E-state index contributed by atoms with van der Waals surface area (Å²) in [6, 6.07) is 11.4. The van der Waals surface area contributed by atoms with Crippen molar-refractivity contribution in [2.45, 2.75) is 62.6 Å². The van der Waals surface area contributed by atoms with Gasteiger partial charge in [0, 0.05) is 49.4 Å². The number of piperidine rings is 1. The number of unbranched alkanes of at least 4 members (excludes halogenated alkanes) is 1. The maximum atomic E-state index is 13.8. The number of anilines is 1. The molecule has 2 heterocycles. The number of aromatic nitrogens is 1. The molecule has 1 fully saturated rings. The highest BCUT2D eigenvalue weighted by Crippen LogP contribution is 2.31. The fraction of sp³-hybridized carbons (Fsp3) is 0.367. The van der Waals surface area contributed by atoms with Crippen LogP contribution in [0.1, 0.15) is 54.9 Å². The van der Waals surface area contributed by atoms with Gasteiger partial charge in [-0.3, -0.25) is 9.69 Å². The number of pyridine rings is 1. The van der Waals surface area contributed by atoms with E-state index in [1.807, 2.05) is 6.07 Å². The molecule has 3 amide bonds. The molecular formula is C30H36Cl2FN5O5S. The molecule has 0 aliphatic carbocycles. The van der Waals surface area contributed by atoms with Gasteiger partial charge in [-0.25, -0.2) is 22.6 Å². The molecule has 2 unspecified atom stereocenters. The van der Waals surface area contributed by atoms with Crippen LogP contribution in [0.15, 0.2) is 59.6 Å². The van der Waals surface area contributed by atoms with Crippen molar-refractivity contribution in [3.8, 4) is 11.6 Å². The van der Waals surface area contributed by atoms with Crippen LogP contribution in [0, 0.1) is 5.82 Å². The second-order valence-corrected chi connectivity index (χ2v) is 13.0. The van der Waals surface area contributed by atoms with Gasteiger partial charge < -0.3 is 21.1 Å². The molecule has 1 saturated heterocycles. The lowest BCUT2D eigenvalue weighted by atomic mass is 9.93. The summed E-state index contributed by atoms with van der Waals surface area (Å²) in [6.07, 6.45) is 7.44. The third-order valence-corrected chi connectivity index (χ3v) is 8.69. The summed E-state index contributed by atoms with van der Waals surface area (Å²) in [4.78, 5) is 31.0. The summed E-state index contributed by atoms with van der Waals surface area (Å²) in [5, 5.41) is 5.84. The van der Waals surface area contributed by atoms with E-state index >= 15 is 0 Å². The Labute approximate surface area is 267 Å². The fourth-order valence-corrected chi connectivity index (χ4v) is 5.96. The standard InChI is InChI=1S/C30H35ClFN5O5S.ClH/c1-3-4-5-22-14-21(36-30(39)35-20-7-9-26(32)24(15-20)29(33)38)12-13-37(22)18-19-6-11-28(34-17-19)42-27-10-8-23(16-25(27)31)43(2,40)41;/h6-11,15-17,21-22H,3-5,12-14,18H2,1-2H3,(H2,33,38)(H2,35,36,39);1H. The molecule has 0 spiro atoms. The van der Waals surface area contributed by atoms with Gasteiger partial charge in [0.05, 0.1) is 15.5 Å². The first kappa shape index (κ1) is 35.0. The normalized spacial score (nSPS) is 16.9. The van der Waals surface area contributed by atoms with Crippen LogP contribution in [-0.2, 0) is 16.4 Å². The number of likely N-dealkylation sites (tertiary alicyclic amines) is 1. The van der Waals surface area contributed by atoms with E-state index in [1.165, 1.54) is 30.3 Å². The molecule has 2 aromatic carbocycles. The number of ether oxygens (including phenoxy) is 1. The van der Waals surface area contributed by atoms with Crippen molar-refractivity contribution >= 4 is 51.5 Å². The quantitative estimate of drug-likeness (QED) is 0.230. The highest BCUT2D eigenvalue weighted by Gasteiger charge is 2.29. The molecule has 44 heavy (non-hydrogen) atoms. The van der Waals surface area contributed by atoms with Gasteiger partial charge in [0.15, 0.2) is 9.84 Å². The zero-order valence-corrected chi connectivity index (χ0v) is 26.8. The molecule has 238 valence electrons. The molecule has 14 heteroatoms. The molecule has 0 saturated carbocycles. The monoisotopic (exact) mass is 667 g/mol. The molecule has 4 rings (SSSR count). The number of benzene rings is 2. The minimum atomic E-state index is -3.38. The lowest BCUT2D eigenvalue weighted by Crippen LogP contribution is -2.50. The second-order valence-electron chi connectivity index (χ2n) is 10.6. The summed E-state index contributed by atoms with van der Waals surface area (Å²) in [7, 11) is -3.38. The van der Waals surface area contributed by atoms with Crippen LogP contribution in [0.2, 0.25) is 5.02 Å². The Morgan fingerprint density at radius 1 is 1.18 bits per heavy atom. The average molecular weight is 669 g/mol. The Morgan fingerprint density at radius 2 is 1.95 bits per heavy atom. The van der Waals surface area contributed by atoms with E-state index in [2.05, 4.69) is 27.4 Å². The van der Waals surface area contributed by atoms with E-state index in [0.29, 0.717) is 18.2 Å². The van der Waals surface area contributed by atoms with Gasteiger partial charge in [0.25, 0.3) is 5.91 Å². The maximum Gasteiger partial charge on any atom is 0.319 e. The zero-order valence-electron chi connectivity index (χ0n) is 24.4. The van der Waals surface area contributed by atoms with Gasteiger partial charge in [-0.1, -0.05) is 37.4 Å². The third-order valence-electron chi connectivity index (χ3n) is 7.28. The number of hydrogen-bond donors (Lipinski definition) is 3. The van der Waals surface area contributed by atoms with E-state index in [0.717, 1.165) is 56.5 Å². The summed E-state index contributed by atoms with van der Waals surface area (Å²) >= 11 is 6.23. The Balaban J connectivity index is 0.00000529. The van der Waals surface area contributed by atoms with Crippen molar-refractivity contribution in [2.24, 2.45) is 5.73 Å². The highest BCUT2D eigenvalue weighted by atomic mass is 35.5. The largest absolute Gasteiger partial charge is 0.437 e. The van der Waals surface area contributed by atoms with Crippen molar-refractivity contribution in [2.75, 3.05) is 18.1 Å². The molecule has 0 radical (unpaired) electrons. The van der Waals surface area contributed by atoms with Crippen molar-refractivity contribution in [3.63, 3.8) is 0 Å². The molecule has 10 nitrogen and oxygen atoms in total. The Hall–Kier alpha value is -3.45. The number of primary amides is 1. The third kappa shape index (κ3) is 9.52. The van der Waals surface area contributed by atoms with E-state index in [-0.39, 0.29) is 45.7 Å². The molecule has 1 aliphatic heterocycles. The molecule has 1 aliphatic rings. The number of carbonyl (C=O) groups excluding carboxylic acids is 2. The van der Waals surface area contributed by atoms with Crippen LogP contribution in [0.5, 0.6) is 11.6 Å². The van der Waals surface area contributed by atoms with Crippen molar-refractivity contribution in [1.29, 1.82) is 0 Å². The predicted octanol–water partition coefficient (Wildman–Crippen LogP) is 5.94. The first-order valence-electron chi connectivity index (χ1n) is 14.0. The predicted molar refractivity (Wildman–Crippen MR) is 170 cm³/mol. The number of halogens is 3. The van der Waals surface area contributed by atoms with Crippen LogP contribution in [0.4, 0.5) is 14.9 Å². The van der Waals surface area contributed by atoms with Gasteiger partial charge in [-0.05, 0) is 61.2 Å². The Kier molecular flexibility index (Phi) is 12.4. The molecule has 1 aromatic heterocycles. The number of nitrogens with two attached hydrogens (primary N) is 1. The van der Waals surface area contributed by atoms with Crippen molar-refractivity contribution in [1.82, 2.24) is 15.2 Å². The van der Waals surface area contributed by atoms with Crippen LogP contribution < -0.4 is 21.1 Å². The molecule has 3 aromatic rings. The van der Waals surface area contributed by atoms with Crippen molar-refractivity contribution < 1.29 is 27.1 Å². The summed E-state index contributed by atoms with van der Waals surface area (Å²) in [5.41, 5.74) is 6.20. The van der Waals surface area contributed by atoms with Gasteiger partial charge in [0.2, 0.25) is 5.88 Å². The fourth-order valence-electron chi connectivity index (χ4n) is 5.03. The van der Waals surface area contributed by atoms with Crippen LogP contribution in [-0.4, -0.2) is 55.1 Å². The topological polar surface area (TPSA) is 144 Å². The van der Waals surface area contributed by atoms with Crippen molar-refractivity contribution in [3.05, 3.63) is 76.7 Å². The van der Waals surface area contributed by atoms with Gasteiger partial charge in [-0.2, -0.15) is 0 Å². The Morgan fingerprint density at radius 3 is 2.59 bits per heavy atom. The first-order valence-corrected chi connectivity index (χ1v) is 16.2. The molecule has 0 bridgehead atoms. The first-order chi connectivity index (χ1) is 20.4. The van der Waals surface area contributed by atoms with Gasteiger partial charge in [0.1, 0.15) is 11.6 Å². The van der Waals surface area contributed by atoms with Gasteiger partial charge >= 0.3 is 6.03 Å². The number of amides is 3. The molecule has 4 N–H and O–H groups in total. The number of nitrogens with one attached hydrogen (secondary N) is 2. The highest BCUT2D eigenvalue weighted by molar-refractivity contribution is 7.90. The number of urea groups is 1. The van der Waals surface area contributed by atoms with Crippen LogP contribution in [0.3, 0.4) is 0 Å². The number of nitrogens with zero attached hydrogens (tertiary/aromatic N) is 2. The Bertz CT molecular complexity index is 1580. The molecular weight excluding hydrogens is 632 g/mol. The van der Waals surface area contributed by atoms with E-state index in [4.69, 9.17) is 22.1 Å². The van der Waals surface area contributed by atoms with Crippen LogP contribution in [0.25, 0.3) is 0 Å². The SMILES string of the molecule is CCCCC1CC(NC(=O)Nc2ccc(F)c(C(N)=O)c2)CCN1Cc1ccc(Oc2ccc(S(C)(=O)=O)cc2Cl)nc1.Cl. The smallest absolute Gasteiger partial charge is 0.319 e. The van der Waals surface area contributed by atoms with E-state index in [9.17, 15) is 22.4 Å². The number of rotatable bonds is 11. The lowest BCUT2D eigenvalue weighted by Gasteiger charge is -2.40. The summed E-state index contributed by atoms with van der Waals surface area (Å²) in [6.45, 7) is 3.58. The van der Waals surface area contributed by atoms with Crippen LogP contribution >= 0.6 is 24.0 Å². The number of sulfone groups is 1. The lowest BCUT2D eigenvalue weighted by molar-refractivity contribution is 0.0996. The second kappa shape index (κ2) is 15.5. The van der Waals surface area contributed by atoms with E-state index < -0.39 is 27.6 Å². The molecule has 2 atom stereocenters. The number of carbonyl (C=O) groups is 2. The van der Waals surface area contributed by atoms with Gasteiger partial charge in [-0.15, -0.1) is 12.4 Å². The summed E-state index contributed by atoms with van der Waals surface area (Å²) < 4.78 is 43.0. The number of hydrogen-bond acceptors (Lipinski definition) is 7. The van der Waals surface area contributed by atoms with E-state index in [1.54, 1.807) is 12.3 Å². The average Bonchev–Trinajstić information content (AvgIpc) is 2.95. The minimum absolute atomic E-state index is 0. The zero-order chi connectivity index (χ0) is 31.1.